The summed E-state index contributed by atoms with van der Waals surface area (Å²) in [6.07, 6.45) is 1.53. The Morgan fingerprint density at radius 3 is 2.85 bits per heavy atom. The average molecular weight is 365 g/mol. The predicted molar refractivity (Wildman–Crippen MR) is 101 cm³/mol. The summed E-state index contributed by atoms with van der Waals surface area (Å²) in [5.41, 5.74) is 4.16. The van der Waals surface area contributed by atoms with Crippen LogP contribution in [0.2, 0.25) is 0 Å². The highest BCUT2D eigenvalue weighted by Crippen LogP contribution is 2.24. The monoisotopic (exact) mass is 365 g/mol. The van der Waals surface area contributed by atoms with Gasteiger partial charge in [-0.15, -0.1) is 0 Å². The number of para-hydroxylation sites is 1. The average Bonchev–Trinajstić information content (AvgIpc) is 3.09. The largest absolute Gasteiger partial charge is 0.479 e. The number of nitriles is 1. The lowest BCUT2D eigenvalue weighted by Gasteiger charge is -2.02. The van der Waals surface area contributed by atoms with Crippen molar-refractivity contribution in [2.45, 2.75) is 0 Å². The fourth-order valence-corrected chi connectivity index (χ4v) is 2.95. The second-order valence-electron chi connectivity index (χ2n) is 5.15. The van der Waals surface area contributed by atoms with E-state index in [4.69, 9.17) is 10.00 Å². The standard InChI is InChI=1S/C18H15N5O2S/c19-9-10-25-14-7-5-13(6-8-14)11-21-23-17(24)12-20-18-22-15-3-1-2-4-16(15)26-18/h1-8,11H,10,12H2,(H,20,22)(H,23,24)/b21-11-. The molecule has 0 spiro atoms. The Balaban J connectivity index is 1.46. The Labute approximate surface area is 153 Å². The first-order valence-electron chi connectivity index (χ1n) is 7.76. The molecular weight excluding hydrogens is 350 g/mol. The third-order valence-electron chi connectivity index (χ3n) is 3.28. The van der Waals surface area contributed by atoms with E-state index in [2.05, 4.69) is 20.8 Å². The van der Waals surface area contributed by atoms with E-state index in [-0.39, 0.29) is 19.1 Å². The molecule has 3 aromatic rings. The molecule has 1 heterocycles. The van der Waals surface area contributed by atoms with Crippen LogP contribution in [0, 0.1) is 11.3 Å². The number of anilines is 1. The van der Waals surface area contributed by atoms with Gasteiger partial charge in [0, 0.05) is 0 Å². The zero-order valence-electron chi connectivity index (χ0n) is 13.7. The summed E-state index contributed by atoms with van der Waals surface area (Å²) in [6.45, 7) is 0.0866. The molecule has 1 aromatic heterocycles. The van der Waals surface area contributed by atoms with Crippen LogP contribution in [0.15, 0.2) is 53.6 Å². The normalized spacial score (nSPS) is 10.6. The minimum absolute atomic E-state index is 0.00511. The van der Waals surface area contributed by atoms with Gasteiger partial charge < -0.3 is 10.1 Å². The van der Waals surface area contributed by atoms with Crippen LogP contribution in [0.3, 0.4) is 0 Å². The number of benzene rings is 2. The molecule has 0 saturated heterocycles. The van der Waals surface area contributed by atoms with Gasteiger partial charge in [0.15, 0.2) is 11.7 Å². The van der Waals surface area contributed by atoms with Crippen LogP contribution in [0.25, 0.3) is 10.2 Å². The number of hydrazone groups is 1. The van der Waals surface area contributed by atoms with Gasteiger partial charge in [-0.05, 0) is 42.0 Å². The number of ether oxygens (including phenoxy) is 1. The van der Waals surface area contributed by atoms with E-state index in [0.29, 0.717) is 10.9 Å². The summed E-state index contributed by atoms with van der Waals surface area (Å²) in [5.74, 6) is 0.335. The molecule has 2 N–H and O–H groups in total. The molecule has 0 bridgehead atoms. The number of nitrogens with zero attached hydrogens (tertiary/aromatic N) is 3. The van der Waals surface area contributed by atoms with Crippen LogP contribution < -0.4 is 15.5 Å². The summed E-state index contributed by atoms with van der Waals surface area (Å²) < 4.78 is 6.23. The SMILES string of the molecule is N#CCOc1ccc(/C=N\NC(=O)CNc2nc3ccccc3s2)cc1. The van der Waals surface area contributed by atoms with Crippen LogP contribution in [-0.2, 0) is 4.79 Å². The summed E-state index contributed by atoms with van der Waals surface area (Å²) in [4.78, 5) is 16.2. The summed E-state index contributed by atoms with van der Waals surface area (Å²) in [7, 11) is 0. The van der Waals surface area contributed by atoms with Gasteiger partial charge >= 0.3 is 0 Å². The molecule has 0 fully saturated rings. The molecule has 8 heteroatoms. The first-order valence-corrected chi connectivity index (χ1v) is 8.57. The highest BCUT2D eigenvalue weighted by Gasteiger charge is 2.04. The van der Waals surface area contributed by atoms with Gasteiger partial charge in [0.25, 0.3) is 5.91 Å². The molecule has 0 radical (unpaired) electrons. The lowest BCUT2D eigenvalue weighted by atomic mass is 10.2. The molecule has 0 atom stereocenters. The second kappa shape index (κ2) is 8.60. The zero-order chi connectivity index (χ0) is 18.2. The first-order chi connectivity index (χ1) is 12.7. The smallest absolute Gasteiger partial charge is 0.259 e. The maximum atomic E-state index is 11.8. The van der Waals surface area contributed by atoms with Gasteiger partial charge in [-0.1, -0.05) is 23.5 Å². The minimum Gasteiger partial charge on any atom is -0.479 e. The number of aromatic nitrogens is 1. The number of hydrogen-bond acceptors (Lipinski definition) is 7. The quantitative estimate of drug-likeness (QED) is 0.495. The Kier molecular flexibility index (Phi) is 5.75. The molecule has 3 rings (SSSR count). The van der Waals surface area contributed by atoms with Gasteiger partial charge in [-0.3, -0.25) is 4.79 Å². The van der Waals surface area contributed by atoms with Gasteiger partial charge in [0.2, 0.25) is 0 Å². The molecule has 26 heavy (non-hydrogen) atoms. The number of rotatable bonds is 7. The molecule has 1 amide bonds. The van der Waals surface area contributed by atoms with Crippen molar-refractivity contribution in [2.24, 2.45) is 5.10 Å². The number of hydrogen-bond donors (Lipinski definition) is 2. The topological polar surface area (TPSA) is 99.4 Å². The molecule has 2 aromatic carbocycles. The van der Waals surface area contributed by atoms with Crippen molar-refractivity contribution < 1.29 is 9.53 Å². The number of thiazole rings is 1. The number of carbonyl (C=O) groups excluding carboxylic acids is 1. The number of nitrogens with one attached hydrogen (secondary N) is 2. The Morgan fingerprint density at radius 2 is 2.08 bits per heavy atom. The van der Waals surface area contributed by atoms with E-state index in [1.165, 1.54) is 17.6 Å². The predicted octanol–water partition coefficient (Wildman–Crippen LogP) is 2.76. The van der Waals surface area contributed by atoms with E-state index >= 15 is 0 Å². The highest BCUT2D eigenvalue weighted by atomic mass is 32.1. The zero-order valence-corrected chi connectivity index (χ0v) is 14.5. The summed E-state index contributed by atoms with van der Waals surface area (Å²) >= 11 is 1.49. The van der Waals surface area contributed by atoms with Crippen molar-refractivity contribution in [3.05, 3.63) is 54.1 Å². The van der Waals surface area contributed by atoms with Crippen molar-refractivity contribution in [1.29, 1.82) is 5.26 Å². The number of carbonyl (C=O) groups is 1. The fourth-order valence-electron chi connectivity index (χ4n) is 2.09. The Bertz CT molecular complexity index is 927. The highest BCUT2D eigenvalue weighted by molar-refractivity contribution is 7.22. The van der Waals surface area contributed by atoms with Crippen LogP contribution >= 0.6 is 11.3 Å². The van der Waals surface area contributed by atoms with Gasteiger partial charge in [0.1, 0.15) is 11.8 Å². The van der Waals surface area contributed by atoms with Crippen LogP contribution in [0.4, 0.5) is 5.13 Å². The van der Waals surface area contributed by atoms with E-state index in [1.54, 1.807) is 24.3 Å². The van der Waals surface area contributed by atoms with Crippen molar-refractivity contribution >= 4 is 38.8 Å². The minimum atomic E-state index is -0.269. The third kappa shape index (κ3) is 4.78. The first kappa shape index (κ1) is 17.4. The number of amides is 1. The molecule has 0 unspecified atom stereocenters. The fraction of sp³-hybridized carbons (Fsp3) is 0.111. The van der Waals surface area contributed by atoms with E-state index in [0.717, 1.165) is 15.8 Å². The van der Waals surface area contributed by atoms with Gasteiger partial charge in [-0.25, -0.2) is 10.4 Å². The van der Waals surface area contributed by atoms with Gasteiger partial charge in [-0.2, -0.15) is 10.4 Å². The molecule has 130 valence electrons. The molecular formula is C18H15N5O2S. The van der Waals surface area contributed by atoms with Gasteiger partial charge in [0.05, 0.1) is 23.0 Å². The van der Waals surface area contributed by atoms with Crippen LogP contribution in [0.1, 0.15) is 5.56 Å². The molecule has 7 nitrogen and oxygen atoms in total. The number of fused-ring (bicyclic) bond motifs is 1. The van der Waals surface area contributed by atoms with Crippen LogP contribution in [-0.4, -0.2) is 30.3 Å². The Hall–Kier alpha value is -3.44. The third-order valence-corrected chi connectivity index (χ3v) is 4.27. The maximum absolute atomic E-state index is 11.8. The van der Waals surface area contributed by atoms with Crippen molar-refractivity contribution in [1.82, 2.24) is 10.4 Å². The van der Waals surface area contributed by atoms with Crippen molar-refractivity contribution in [3.63, 3.8) is 0 Å². The van der Waals surface area contributed by atoms with Crippen molar-refractivity contribution in [2.75, 3.05) is 18.5 Å². The second-order valence-corrected chi connectivity index (χ2v) is 6.18. The maximum Gasteiger partial charge on any atom is 0.259 e. The summed E-state index contributed by atoms with van der Waals surface area (Å²) in [5, 5.41) is 16.1. The van der Waals surface area contributed by atoms with Crippen LogP contribution in [0.5, 0.6) is 5.75 Å². The summed E-state index contributed by atoms with van der Waals surface area (Å²) in [6, 6.07) is 16.7. The van der Waals surface area contributed by atoms with E-state index in [9.17, 15) is 4.79 Å². The molecule has 0 aliphatic carbocycles. The van der Waals surface area contributed by atoms with E-state index < -0.39 is 0 Å². The lowest BCUT2D eigenvalue weighted by molar-refractivity contribution is -0.119. The van der Waals surface area contributed by atoms with Crippen molar-refractivity contribution in [3.8, 4) is 11.8 Å². The molecule has 0 saturated carbocycles. The lowest BCUT2D eigenvalue weighted by Crippen LogP contribution is -2.25. The van der Waals surface area contributed by atoms with E-state index in [1.807, 2.05) is 30.3 Å². The molecule has 0 aliphatic rings. The Morgan fingerprint density at radius 1 is 1.27 bits per heavy atom. The molecule has 0 aliphatic heterocycles.